The molecule has 3 rings (SSSR count). The van der Waals surface area contributed by atoms with Crippen molar-refractivity contribution in [2.75, 3.05) is 6.61 Å². The van der Waals surface area contributed by atoms with E-state index in [9.17, 15) is 24.6 Å². The summed E-state index contributed by atoms with van der Waals surface area (Å²) in [6.45, 7) is 6.69. The van der Waals surface area contributed by atoms with Crippen LogP contribution in [0.15, 0.2) is 48.5 Å². The van der Waals surface area contributed by atoms with Gasteiger partial charge in [-0.3, -0.25) is 0 Å². The molecule has 0 radical (unpaired) electrons. The second kappa shape index (κ2) is 11.8. The Hall–Kier alpha value is -3.69. The van der Waals surface area contributed by atoms with Crippen molar-refractivity contribution < 1.29 is 34.1 Å². The van der Waals surface area contributed by atoms with Gasteiger partial charge in [-0.05, 0) is 43.5 Å². The number of benzene rings is 2. The lowest BCUT2D eigenvalue weighted by molar-refractivity contribution is 0.0364. The number of rotatable bonds is 8. The number of aromatic nitrogens is 2. The van der Waals surface area contributed by atoms with E-state index in [0.717, 1.165) is 11.1 Å². The molecule has 0 aliphatic heterocycles. The van der Waals surface area contributed by atoms with E-state index in [-0.39, 0.29) is 42.5 Å². The van der Waals surface area contributed by atoms with Gasteiger partial charge in [0.05, 0.1) is 12.2 Å². The van der Waals surface area contributed by atoms with Crippen molar-refractivity contribution in [1.82, 2.24) is 9.55 Å². The van der Waals surface area contributed by atoms with Crippen molar-refractivity contribution in [3.63, 3.8) is 0 Å². The minimum Gasteiger partial charge on any atom is -0.478 e. The quantitative estimate of drug-likeness (QED) is 0.322. The van der Waals surface area contributed by atoms with Crippen molar-refractivity contribution in [1.29, 1.82) is 0 Å². The second-order valence-corrected chi connectivity index (χ2v) is 8.34. The van der Waals surface area contributed by atoms with Crippen LogP contribution >= 0.6 is 12.4 Å². The maximum atomic E-state index is 12.9. The number of aryl methyl sites for hydroxylation is 1. The number of hydrogen-bond acceptors (Lipinski definition) is 7. The van der Waals surface area contributed by atoms with E-state index in [2.05, 4.69) is 4.98 Å². The third kappa shape index (κ3) is 6.30. The van der Waals surface area contributed by atoms with Crippen LogP contribution in [-0.2, 0) is 28.0 Å². The van der Waals surface area contributed by atoms with E-state index in [0.29, 0.717) is 17.8 Å². The topological polar surface area (TPSA) is 128 Å². The normalized spacial score (nSPS) is 10.9. The van der Waals surface area contributed by atoms with Gasteiger partial charge in [0.25, 0.3) is 0 Å². The monoisotopic (exact) mass is 516 g/mol. The summed E-state index contributed by atoms with van der Waals surface area (Å²) in [5.74, 6) is -1.46. The Bertz CT molecular complexity index is 1240. The molecule has 0 fully saturated rings. The molecule has 36 heavy (non-hydrogen) atoms. The van der Waals surface area contributed by atoms with E-state index < -0.39 is 23.7 Å². The Morgan fingerprint density at radius 3 is 2.22 bits per heavy atom. The van der Waals surface area contributed by atoms with Gasteiger partial charge < -0.3 is 24.3 Å². The van der Waals surface area contributed by atoms with Crippen molar-refractivity contribution in [3.05, 3.63) is 76.9 Å². The smallest absolute Gasteiger partial charge is 0.478 e. The van der Waals surface area contributed by atoms with Gasteiger partial charge in [0, 0.05) is 13.0 Å². The second-order valence-electron chi connectivity index (χ2n) is 8.34. The predicted octanol–water partition coefficient (Wildman–Crippen LogP) is 4.82. The average molecular weight is 517 g/mol. The van der Waals surface area contributed by atoms with Gasteiger partial charge in [-0.1, -0.05) is 49.4 Å². The first-order chi connectivity index (χ1) is 16.6. The lowest BCUT2D eigenvalue weighted by Gasteiger charge is -2.17. The molecule has 192 valence electrons. The van der Waals surface area contributed by atoms with Crippen LogP contribution in [-0.4, -0.2) is 44.5 Å². The molecule has 9 nitrogen and oxygen atoms in total. The molecule has 10 heteroatoms. The number of carbonyl (C=O) groups is 3. The third-order valence-electron chi connectivity index (χ3n) is 5.34. The van der Waals surface area contributed by atoms with Crippen molar-refractivity contribution in [2.45, 2.75) is 46.3 Å². The highest BCUT2D eigenvalue weighted by Gasteiger charge is 2.33. The van der Waals surface area contributed by atoms with E-state index in [1.165, 1.54) is 13.8 Å². The van der Waals surface area contributed by atoms with Crippen molar-refractivity contribution >= 4 is 30.5 Å². The van der Waals surface area contributed by atoms with Gasteiger partial charge in [0.2, 0.25) is 0 Å². The number of carboxylic acids is 1. The maximum Gasteiger partial charge on any atom is 0.516 e. The molecule has 0 saturated heterocycles. The molecule has 1 heterocycles. The largest absolute Gasteiger partial charge is 0.516 e. The van der Waals surface area contributed by atoms with E-state index >= 15 is 0 Å². The number of aliphatic hydroxyl groups is 1. The molecule has 0 aliphatic carbocycles. The molecule has 0 unspecified atom stereocenters. The zero-order chi connectivity index (χ0) is 25.8. The van der Waals surface area contributed by atoms with Crippen molar-refractivity contribution in [3.8, 4) is 11.1 Å². The summed E-state index contributed by atoms with van der Waals surface area (Å²) in [5.41, 5.74) is 0.892. The van der Waals surface area contributed by atoms with Gasteiger partial charge >= 0.3 is 18.1 Å². The van der Waals surface area contributed by atoms with Crippen LogP contribution in [0.25, 0.3) is 11.1 Å². The van der Waals surface area contributed by atoms with Crippen LogP contribution in [0, 0.1) is 0 Å². The van der Waals surface area contributed by atoms with Gasteiger partial charge in [-0.25, -0.2) is 19.4 Å². The van der Waals surface area contributed by atoms with E-state index in [1.807, 2.05) is 19.1 Å². The van der Waals surface area contributed by atoms with Crippen LogP contribution in [0.2, 0.25) is 0 Å². The molecule has 0 atom stereocenters. The van der Waals surface area contributed by atoms with Crippen LogP contribution in [0.4, 0.5) is 4.79 Å². The fraction of sp³-hybridized carbons (Fsp3) is 0.308. The van der Waals surface area contributed by atoms with Gasteiger partial charge in [-0.15, -0.1) is 12.4 Å². The van der Waals surface area contributed by atoms with E-state index in [1.54, 1.807) is 47.9 Å². The Kier molecular flexibility index (Phi) is 9.38. The molecule has 1 aromatic heterocycles. The van der Waals surface area contributed by atoms with E-state index in [4.69, 9.17) is 9.47 Å². The van der Waals surface area contributed by atoms with Gasteiger partial charge in [-0.2, -0.15) is 0 Å². The fourth-order valence-corrected chi connectivity index (χ4v) is 3.74. The number of esters is 1. The van der Waals surface area contributed by atoms with Crippen LogP contribution in [0.5, 0.6) is 0 Å². The number of imidazole rings is 1. The zero-order valence-electron chi connectivity index (χ0n) is 20.5. The average Bonchev–Trinajstić information content (AvgIpc) is 3.18. The van der Waals surface area contributed by atoms with Crippen LogP contribution < -0.4 is 0 Å². The number of halogens is 1. The molecule has 0 amide bonds. The number of hydrogen-bond donors (Lipinski definition) is 2. The minimum atomic E-state index is -1.47. The number of nitrogens with zero attached hydrogens (tertiary/aromatic N) is 2. The molecule has 2 aromatic carbocycles. The van der Waals surface area contributed by atoms with Crippen LogP contribution in [0.1, 0.15) is 65.6 Å². The summed E-state index contributed by atoms with van der Waals surface area (Å²) in [6.07, 6.45) is -0.675. The maximum absolute atomic E-state index is 12.9. The molecule has 2 N–H and O–H groups in total. The first-order valence-corrected chi connectivity index (χ1v) is 11.2. The highest BCUT2D eigenvalue weighted by atomic mass is 35.5. The Morgan fingerprint density at radius 2 is 1.67 bits per heavy atom. The Morgan fingerprint density at radius 1 is 1.03 bits per heavy atom. The number of aromatic carboxylic acids is 1. The molecule has 0 saturated carbocycles. The minimum absolute atomic E-state index is 0. The van der Waals surface area contributed by atoms with Crippen molar-refractivity contribution in [2.24, 2.45) is 0 Å². The lowest BCUT2D eigenvalue weighted by Crippen LogP contribution is -2.25. The van der Waals surface area contributed by atoms with Gasteiger partial charge in [0.15, 0.2) is 5.69 Å². The van der Waals surface area contributed by atoms with Crippen LogP contribution in [0.3, 0.4) is 0 Å². The highest BCUT2D eigenvalue weighted by molar-refractivity contribution is 5.96. The summed E-state index contributed by atoms with van der Waals surface area (Å²) in [6, 6.07) is 14.0. The molecule has 0 bridgehead atoms. The number of carbonyl (C=O) groups excluding carboxylic acids is 2. The Labute approximate surface area is 215 Å². The fourth-order valence-electron chi connectivity index (χ4n) is 3.74. The first kappa shape index (κ1) is 28.5. The lowest BCUT2D eigenvalue weighted by atomic mass is 9.98. The molecule has 0 aliphatic rings. The summed E-state index contributed by atoms with van der Waals surface area (Å²) < 4.78 is 11.2. The molecule has 3 aromatic rings. The SMILES string of the molecule is CCOC(=O)OC(=O)c1c(C(C)(C)O)nc(CC)n1Cc1ccc(-c2ccccc2C(=O)O)cc1.Cl. The summed E-state index contributed by atoms with van der Waals surface area (Å²) >= 11 is 0. The van der Waals surface area contributed by atoms with Gasteiger partial charge in [0.1, 0.15) is 17.1 Å². The Balaban J connectivity index is 0.00000456. The number of carboxylic acid groups (broad SMARTS) is 1. The molecule has 0 spiro atoms. The zero-order valence-corrected chi connectivity index (χ0v) is 21.3. The molecular formula is C26H29ClN2O7. The standard InChI is InChI=1S/C26H28N2O7.ClH/c1-5-20-27-22(26(3,4)33)21(24(31)35-25(32)34-6-2)28(20)15-16-11-13-17(14-12-16)18-9-7-8-10-19(18)23(29)30;/h7-14,33H,5-6,15H2,1-4H3,(H,29,30);1H. The summed E-state index contributed by atoms with van der Waals surface area (Å²) in [5, 5.41) is 20.1. The predicted molar refractivity (Wildman–Crippen MR) is 134 cm³/mol. The third-order valence-corrected chi connectivity index (χ3v) is 5.34. The molecular weight excluding hydrogens is 488 g/mol. The summed E-state index contributed by atoms with van der Waals surface area (Å²) in [4.78, 5) is 40.7. The first-order valence-electron chi connectivity index (χ1n) is 11.2. The number of ether oxygens (including phenoxy) is 2. The summed E-state index contributed by atoms with van der Waals surface area (Å²) in [7, 11) is 0. The highest BCUT2D eigenvalue weighted by Crippen LogP contribution is 2.28.